The predicted molar refractivity (Wildman–Crippen MR) is 76.6 cm³/mol. The van der Waals surface area contributed by atoms with Crippen molar-refractivity contribution in [1.82, 2.24) is 4.98 Å². The number of aromatic nitrogens is 1. The quantitative estimate of drug-likeness (QED) is 0.888. The molecule has 3 nitrogen and oxygen atoms in total. The number of pyridine rings is 1. The van der Waals surface area contributed by atoms with Gasteiger partial charge in [0.2, 0.25) is 0 Å². The fourth-order valence-electron chi connectivity index (χ4n) is 1.80. The Morgan fingerprint density at radius 1 is 1.39 bits per heavy atom. The van der Waals surface area contributed by atoms with Crippen LogP contribution in [0.15, 0.2) is 34.9 Å². The summed E-state index contributed by atoms with van der Waals surface area (Å²) in [5.74, 6) is 0.341. The van der Waals surface area contributed by atoms with E-state index in [1.807, 2.05) is 13.0 Å². The SMILES string of the molecule is Cc1ccnc(N)c1C(O)c1ccc(Cl)c(Br)c1. The number of nitrogens with zero attached hydrogens (tertiary/aromatic N) is 1. The topological polar surface area (TPSA) is 59.1 Å². The van der Waals surface area contributed by atoms with Crippen molar-refractivity contribution in [2.45, 2.75) is 13.0 Å². The number of aliphatic hydroxyl groups excluding tert-OH is 1. The molecule has 0 aliphatic heterocycles. The lowest BCUT2D eigenvalue weighted by molar-refractivity contribution is 0.220. The maximum absolute atomic E-state index is 10.4. The van der Waals surface area contributed by atoms with Crippen molar-refractivity contribution in [2.24, 2.45) is 0 Å². The second-order valence-electron chi connectivity index (χ2n) is 4.00. The minimum atomic E-state index is -0.813. The first-order valence-corrected chi connectivity index (χ1v) is 6.51. The Morgan fingerprint density at radius 2 is 2.11 bits per heavy atom. The van der Waals surface area contributed by atoms with Crippen LogP contribution < -0.4 is 5.73 Å². The minimum Gasteiger partial charge on any atom is -0.384 e. The lowest BCUT2D eigenvalue weighted by Gasteiger charge is -2.16. The van der Waals surface area contributed by atoms with Crippen LogP contribution in [0.1, 0.15) is 22.8 Å². The molecule has 1 aromatic carbocycles. The molecule has 0 spiro atoms. The van der Waals surface area contributed by atoms with Gasteiger partial charge in [-0.05, 0) is 52.2 Å². The molecule has 0 aliphatic carbocycles. The van der Waals surface area contributed by atoms with Crippen molar-refractivity contribution in [2.75, 3.05) is 5.73 Å². The molecule has 0 fully saturated rings. The molecule has 2 rings (SSSR count). The molecule has 0 aliphatic rings. The van der Waals surface area contributed by atoms with Crippen LogP contribution in [0.2, 0.25) is 5.02 Å². The molecule has 5 heteroatoms. The smallest absolute Gasteiger partial charge is 0.129 e. The van der Waals surface area contributed by atoms with E-state index < -0.39 is 6.10 Å². The van der Waals surface area contributed by atoms with Crippen LogP contribution in [-0.2, 0) is 0 Å². The van der Waals surface area contributed by atoms with E-state index in [1.54, 1.807) is 24.4 Å². The Kier molecular flexibility index (Phi) is 3.90. The highest BCUT2D eigenvalue weighted by atomic mass is 79.9. The van der Waals surface area contributed by atoms with Gasteiger partial charge in [0.15, 0.2) is 0 Å². The van der Waals surface area contributed by atoms with E-state index >= 15 is 0 Å². The molecule has 1 aromatic heterocycles. The van der Waals surface area contributed by atoms with Crippen molar-refractivity contribution in [3.05, 3.63) is 56.6 Å². The second-order valence-corrected chi connectivity index (χ2v) is 5.26. The van der Waals surface area contributed by atoms with Gasteiger partial charge >= 0.3 is 0 Å². The Labute approximate surface area is 119 Å². The van der Waals surface area contributed by atoms with Crippen LogP contribution in [0.5, 0.6) is 0 Å². The number of nitrogen functional groups attached to an aromatic ring is 1. The Balaban J connectivity index is 2.48. The molecule has 1 atom stereocenters. The molecule has 0 radical (unpaired) electrons. The van der Waals surface area contributed by atoms with E-state index in [9.17, 15) is 5.11 Å². The van der Waals surface area contributed by atoms with Gasteiger partial charge in [0.05, 0.1) is 5.02 Å². The second kappa shape index (κ2) is 5.26. The monoisotopic (exact) mass is 326 g/mol. The van der Waals surface area contributed by atoms with Gasteiger partial charge in [0.1, 0.15) is 11.9 Å². The lowest BCUT2D eigenvalue weighted by atomic mass is 9.98. The maximum Gasteiger partial charge on any atom is 0.129 e. The van der Waals surface area contributed by atoms with Crippen molar-refractivity contribution >= 4 is 33.3 Å². The third-order valence-corrected chi connectivity index (χ3v) is 3.99. The highest BCUT2D eigenvalue weighted by Crippen LogP contribution is 2.32. The van der Waals surface area contributed by atoms with Crippen LogP contribution in [0.3, 0.4) is 0 Å². The molecule has 1 heterocycles. The van der Waals surface area contributed by atoms with Gasteiger partial charge in [-0.1, -0.05) is 17.7 Å². The molecule has 0 bridgehead atoms. The van der Waals surface area contributed by atoms with Crippen molar-refractivity contribution in [3.63, 3.8) is 0 Å². The van der Waals surface area contributed by atoms with Gasteiger partial charge in [-0.2, -0.15) is 0 Å². The third-order valence-electron chi connectivity index (χ3n) is 2.77. The average molecular weight is 328 g/mol. The highest BCUT2D eigenvalue weighted by Gasteiger charge is 2.17. The lowest BCUT2D eigenvalue weighted by Crippen LogP contribution is -2.07. The van der Waals surface area contributed by atoms with Gasteiger partial charge in [0.25, 0.3) is 0 Å². The summed E-state index contributed by atoms with van der Waals surface area (Å²) in [4.78, 5) is 4.01. The van der Waals surface area contributed by atoms with E-state index in [0.29, 0.717) is 22.0 Å². The number of hydrogen-bond acceptors (Lipinski definition) is 3. The van der Waals surface area contributed by atoms with Crippen LogP contribution in [0.4, 0.5) is 5.82 Å². The molecule has 1 unspecified atom stereocenters. The summed E-state index contributed by atoms with van der Waals surface area (Å²) in [6.45, 7) is 1.89. The number of rotatable bonds is 2. The number of halogens is 2. The van der Waals surface area contributed by atoms with Crippen LogP contribution >= 0.6 is 27.5 Å². The van der Waals surface area contributed by atoms with E-state index in [4.69, 9.17) is 17.3 Å². The first-order valence-electron chi connectivity index (χ1n) is 5.34. The number of nitrogens with two attached hydrogens (primary N) is 1. The van der Waals surface area contributed by atoms with Gasteiger partial charge in [-0.3, -0.25) is 0 Å². The molecular weight excluding hydrogens is 316 g/mol. The first kappa shape index (κ1) is 13.3. The summed E-state index contributed by atoms with van der Waals surface area (Å²) in [6.07, 6.45) is 0.811. The summed E-state index contributed by atoms with van der Waals surface area (Å²) in [6, 6.07) is 7.09. The standard InChI is InChI=1S/C13H12BrClN2O/c1-7-4-5-17-13(16)11(7)12(18)8-2-3-10(15)9(14)6-8/h2-6,12,18H,1H3,(H2,16,17). The van der Waals surface area contributed by atoms with E-state index in [0.717, 1.165) is 10.0 Å². The molecule has 3 N–H and O–H groups in total. The summed E-state index contributed by atoms with van der Waals surface area (Å²) in [7, 11) is 0. The van der Waals surface area contributed by atoms with E-state index in [2.05, 4.69) is 20.9 Å². The Bertz CT molecular complexity index is 569. The van der Waals surface area contributed by atoms with Crippen molar-refractivity contribution < 1.29 is 5.11 Å². The van der Waals surface area contributed by atoms with Crippen LogP contribution in [0.25, 0.3) is 0 Å². The molecule has 0 saturated carbocycles. The number of aryl methyl sites for hydroxylation is 1. The molecule has 94 valence electrons. The summed E-state index contributed by atoms with van der Waals surface area (Å²) >= 11 is 9.26. The first-order chi connectivity index (χ1) is 8.50. The van der Waals surface area contributed by atoms with Gasteiger partial charge in [0, 0.05) is 16.2 Å². The third kappa shape index (κ3) is 2.51. The number of aliphatic hydroxyl groups is 1. The van der Waals surface area contributed by atoms with Gasteiger partial charge in [-0.25, -0.2) is 4.98 Å². The molecular formula is C13H12BrClN2O. The van der Waals surface area contributed by atoms with E-state index in [1.165, 1.54) is 0 Å². The summed E-state index contributed by atoms with van der Waals surface area (Å²) in [5.41, 5.74) is 8.07. The van der Waals surface area contributed by atoms with E-state index in [-0.39, 0.29) is 0 Å². The van der Waals surface area contributed by atoms with Gasteiger partial charge < -0.3 is 10.8 Å². The number of anilines is 1. The summed E-state index contributed by atoms with van der Waals surface area (Å²) in [5, 5.41) is 11.0. The fraction of sp³-hybridized carbons (Fsp3) is 0.154. The highest BCUT2D eigenvalue weighted by molar-refractivity contribution is 9.10. The number of benzene rings is 1. The van der Waals surface area contributed by atoms with Crippen LogP contribution in [-0.4, -0.2) is 10.1 Å². The molecule has 0 amide bonds. The number of hydrogen-bond donors (Lipinski definition) is 2. The fourth-order valence-corrected chi connectivity index (χ4v) is 2.31. The molecule has 2 aromatic rings. The Morgan fingerprint density at radius 3 is 2.72 bits per heavy atom. The normalized spacial score (nSPS) is 12.4. The zero-order valence-electron chi connectivity index (χ0n) is 9.69. The average Bonchev–Trinajstić information content (AvgIpc) is 2.32. The largest absolute Gasteiger partial charge is 0.384 e. The summed E-state index contributed by atoms with van der Waals surface area (Å²) < 4.78 is 0.737. The minimum absolute atomic E-state index is 0.341. The van der Waals surface area contributed by atoms with Crippen molar-refractivity contribution in [1.29, 1.82) is 0 Å². The van der Waals surface area contributed by atoms with Gasteiger partial charge in [-0.15, -0.1) is 0 Å². The zero-order valence-corrected chi connectivity index (χ0v) is 12.0. The van der Waals surface area contributed by atoms with Crippen molar-refractivity contribution in [3.8, 4) is 0 Å². The Hall–Kier alpha value is -1.10. The maximum atomic E-state index is 10.4. The molecule has 18 heavy (non-hydrogen) atoms. The predicted octanol–water partition coefficient (Wildman–Crippen LogP) is 3.47. The van der Waals surface area contributed by atoms with Crippen LogP contribution in [0, 0.1) is 6.92 Å². The zero-order chi connectivity index (χ0) is 13.3. The molecule has 0 saturated heterocycles.